The van der Waals surface area contributed by atoms with E-state index in [1.165, 1.54) is 0 Å². The molecule has 0 bridgehead atoms. The van der Waals surface area contributed by atoms with Crippen molar-refractivity contribution in [1.82, 2.24) is 4.90 Å². The number of carbonyl (C=O) groups excluding carboxylic acids is 1. The summed E-state index contributed by atoms with van der Waals surface area (Å²) >= 11 is 0. The molecule has 1 aromatic carbocycles. The lowest BCUT2D eigenvalue weighted by atomic mass is 9.90. The van der Waals surface area contributed by atoms with Gasteiger partial charge < -0.3 is 14.7 Å². The van der Waals surface area contributed by atoms with E-state index < -0.39 is 11.9 Å². The van der Waals surface area contributed by atoms with E-state index in [0.717, 1.165) is 5.56 Å². The fraction of sp³-hybridized carbons (Fsp3) is 0.556. The van der Waals surface area contributed by atoms with Gasteiger partial charge in [-0.2, -0.15) is 0 Å². The summed E-state index contributed by atoms with van der Waals surface area (Å²) in [6.07, 6.45) is 0.795. The van der Waals surface area contributed by atoms with Crippen LogP contribution in [0.1, 0.15) is 43.1 Å². The summed E-state index contributed by atoms with van der Waals surface area (Å²) in [5, 5.41) is 9.21. The minimum atomic E-state index is -0.824. The van der Waals surface area contributed by atoms with Crippen LogP contribution in [0.3, 0.4) is 0 Å². The van der Waals surface area contributed by atoms with E-state index in [9.17, 15) is 14.7 Å². The van der Waals surface area contributed by atoms with Crippen molar-refractivity contribution in [1.29, 1.82) is 0 Å². The number of aliphatic carboxylic acids is 1. The number of hydrogen-bond acceptors (Lipinski definition) is 3. The maximum atomic E-state index is 12.6. The molecule has 5 nitrogen and oxygen atoms in total. The number of likely N-dealkylation sites (tertiary alicyclic amines) is 1. The van der Waals surface area contributed by atoms with Crippen molar-refractivity contribution in [3.63, 3.8) is 0 Å². The quantitative estimate of drug-likeness (QED) is 0.906. The van der Waals surface area contributed by atoms with Crippen LogP contribution < -0.4 is 0 Å². The van der Waals surface area contributed by atoms with Gasteiger partial charge in [0.05, 0.1) is 18.6 Å². The first-order valence-electron chi connectivity index (χ1n) is 8.09. The molecule has 1 aromatic rings. The lowest BCUT2D eigenvalue weighted by Gasteiger charge is -2.34. The molecule has 2 unspecified atom stereocenters. The fourth-order valence-corrected chi connectivity index (χ4v) is 2.89. The molecule has 5 heteroatoms. The first kappa shape index (κ1) is 17.5. The van der Waals surface area contributed by atoms with Crippen LogP contribution in [0.2, 0.25) is 0 Å². The number of benzene rings is 1. The minimum Gasteiger partial charge on any atom is -0.481 e. The van der Waals surface area contributed by atoms with Gasteiger partial charge >= 0.3 is 5.97 Å². The number of rotatable bonds is 5. The Morgan fingerprint density at radius 3 is 2.48 bits per heavy atom. The molecule has 0 radical (unpaired) electrons. The van der Waals surface area contributed by atoms with Crippen LogP contribution in [0.4, 0.5) is 0 Å². The van der Waals surface area contributed by atoms with Gasteiger partial charge in [-0.25, -0.2) is 0 Å². The third-order valence-electron chi connectivity index (χ3n) is 4.08. The van der Waals surface area contributed by atoms with Crippen molar-refractivity contribution < 1.29 is 19.4 Å². The molecular formula is C18H25NO4. The second kappa shape index (κ2) is 7.59. The Morgan fingerprint density at radius 2 is 1.91 bits per heavy atom. The Balaban J connectivity index is 2.03. The SMILES string of the molecule is CC1CC(C(=O)O)CN(C(=O)c2ccc(COC(C)C)cc2)C1. The molecule has 1 N–H and O–H groups in total. The van der Waals surface area contributed by atoms with E-state index in [0.29, 0.717) is 25.1 Å². The summed E-state index contributed by atoms with van der Waals surface area (Å²) in [6.45, 7) is 7.37. The molecule has 1 fully saturated rings. The van der Waals surface area contributed by atoms with E-state index in [2.05, 4.69) is 0 Å². The minimum absolute atomic E-state index is 0.0980. The predicted octanol–water partition coefficient (Wildman–Crippen LogP) is 2.79. The van der Waals surface area contributed by atoms with Crippen LogP contribution in [-0.4, -0.2) is 41.1 Å². The van der Waals surface area contributed by atoms with Gasteiger partial charge in [0, 0.05) is 18.7 Å². The molecule has 0 spiro atoms. The van der Waals surface area contributed by atoms with Crippen LogP contribution in [0.25, 0.3) is 0 Å². The summed E-state index contributed by atoms with van der Waals surface area (Å²) < 4.78 is 5.54. The summed E-state index contributed by atoms with van der Waals surface area (Å²) in [5.41, 5.74) is 1.61. The Morgan fingerprint density at radius 1 is 1.26 bits per heavy atom. The average molecular weight is 319 g/mol. The average Bonchev–Trinajstić information content (AvgIpc) is 2.52. The first-order chi connectivity index (χ1) is 10.9. The molecule has 2 atom stereocenters. The summed E-state index contributed by atoms with van der Waals surface area (Å²) in [5.74, 6) is -1.19. The monoisotopic (exact) mass is 319 g/mol. The van der Waals surface area contributed by atoms with Gasteiger partial charge in [-0.05, 0) is 43.9 Å². The molecule has 126 valence electrons. The summed E-state index contributed by atoms with van der Waals surface area (Å²) in [6, 6.07) is 7.35. The largest absolute Gasteiger partial charge is 0.481 e. The lowest BCUT2D eigenvalue weighted by molar-refractivity contribution is -0.143. The second-order valence-corrected chi connectivity index (χ2v) is 6.64. The zero-order valence-corrected chi connectivity index (χ0v) is 14.0. The van der Waals surface area contributed by atoms with Gasteiger partial charge in [-0.15, -0.1) is 0 Å². The first-order valence-corrected chi connectivity index (χ1v) is 8.09. The van der Waals surface area contributed by atoms with Gasteiger partial charge in [0.25, 0.3) is 5.91 Å². The summed E-state index contributed by atoms with van der Waals surface area (Å²) in [7, 11) is 0. The van der Waals surface area contributed by atoms with Crippen LogP contribution in [0.5, 0.6) is 0 Å². The highest BCUT2D eigenvalue weighted by Crippen LogP contribution is 2.23. The second-order valence-electron chi connectivity index (χ2n) is 6.64. The molecule has 23 heavy (non-hydrogen) atoms. The van der Waals surface area contributed by atoms with E-state index in [4.69, 9.17) is 4.74 Å². The van der Waals surface area contributed by atoms with Crippen LogP contribution in [-0.2, 0) is 16.1 Å². The predicted molar refractivity (Wildman–Crippen MR) is 87.2 cm³/mol. The highest BCUT2D eigenvalue weighted by molar-refractivity contribution is 5.94. The zero-order chi connectivity index (χ0) is 17.0. The molecule has 1 saturated heterocycles. The maximum absolute atomic E-state index is 12.6. The number of amides is 1. The fourth-order valence-electron chi connectivity index (χ4n) is 2.89. The third-order valence-corrected chi connectivity index (χ3v) is 4.08. The van der Waals surface area contributed by atoms with Gasteiger partial charge in [0.15, 0.2) is 0 Å². The van der Waals surface area contributed by atoms with Crippen LogP contribution >= 0.6 is 0 Å². The van der Waals surface area contributed by atoms with E-state index in [1.807, 2.05) is 32.9 Å². The molecule has 1 amide bonds. The Kier molecular flexibility index (Phi) is 5.77. The number of carbonyl (C=O) groups is 2. The standard InChI is InChI=1S/C18H25NO4/c1-12(2)23-11-14-4-6-15(7-5-14)17(20)19-9-13(3)8-16(10-19)18(21)22/h4-7,12-13,16H,8-11H2,1-3H3,(H,21,22). The van der Waals surface area contributed by atoms with Crippen molar-refractivity contribution >= 4 is 11.9 Å². The van der Waals surface area contributed by atoms with Crippen LogP contribution in [0.15, 0.2) is 24.3 Å². The third kappa shape index (κ3) is 4.79. The Labute approximate surface area is 137 Å². The molecule has 1 heterocycles. The highest BCUT2D eigenvalue weighted by Gasteiger charge is 2.32. The maximum Gasteiger partial charge on any atom is 0.308 e. The number of ether oxygens (including phenoxy) is 1. The molecule has 0 aliphatic carbocycles. The van der Waals surface area contributed by atoms with E-state index in [-0.39, 0.29) is 24.5 Å². The number of hydrogen-bond donors (Lipinski definition) is 1. The van der Waals surface area contributed by atoms with Gasteiger partial charge in [0.2, 0.25) is 0 Å². The number of carboxylic acids is 1. The molecule has 2 rings (SSSR count). The molecule has 1 aliphatic heterocycles. The summed E-state index contributed by atoms with van der Waals surface area (Å²) in [4.78, 5) is 25.5. The van der Waals surface area contributed by atoms with Crippen molar-refractivity contribution in [2.24, 2.45) is 11.8 Å². The molecule has 0 aromatic heterocycles. The topological polar surface area (TPSA) is 66.8 Å². The number of piperidine rings is 1. The van der Waals surface area contributed by atoms with Gasteiger partial charge in [-0.3, -0.25) is 9.59 Å². The Bertz CT molecular complexity index is 553. The zero-order valence-electron chi connectivity index (χ0n) is 14.0. The normalized spacial score (nSPS) is 21.5. The van der Waals surface area contributed by atoms with E-state index in [1.54, 1.807) is 17.0 Å². The Hall–Kier alpha value is -1.88. The highest BCUT2D eigenvalue weighted by atomic mass is 16.5. The van der Waals surface area contributed by atoms with Gasteiger partial charge in [0.1, 0.15) is 0 Å². The van der Waals surface area contributed by atoms with Crippen molar-refractivity contribution in [3.8, 4) is 0 Å². The van der Waals surface area contributed by atoms with E-state index >= 15 is 0 Å². The van der Waals surface area contributed by atoms with Crippen LogP contribution in [0, 0.1) is 11.8 Å². The number of carboxylic acid groups (broad SMARTS) is 1. The molecular weight excluding hydrogens is 294 g/mol. The lowest BCUT2D eigenvalue weighted by Crippen LogP contribution is -2.45. The van der Waals surface area contributed by atoms with Crippen molar-refractivity contribution in [3.05, 3.63) is 35.4 Å². The van der Waals surface area contributed by atoms with Crippen molar-refractivity contribution in [2.45, 2.75) is 39.9 Å². The van der Waals surface area contributed by atoms with Gasteiger partial charge in [-0.1, -0.05) is 19.1 Å². The molecule has 0 saturated carbocycles. The van der Waals surface area contributed by atoms with Crippen molar-refractivity contribution in [2.75, 3.05) is 13.1 Å². The number of nitrogens with zero attached hydrogens (tertiary/aromatic N) is 1. The molecule has 1 aliphatic rings. The smallest absolute Gasteiger partial charge is 0.308 e.